The Labute approximate surface area is 188 Å². The van der Waals surface area contributed by atoms with Crippen molar-refractivity contribution in [2.45, 2.75) is 20.8 Å². The molecule has 2 aromatic heterocycles. The van der Waals surface area contributed by atoms with E-state index in [-0.39, 0.29) is 19.1 Å². The maximum Gasteiger partial charge on any atom is 0.295 e. The third-order valence-electron chi connectivity index (χ3n) is 4.15. The third kappa shape index (κ3) is 7.29. The van der Waals surface area contributed by atoms with Gasteiger partial charge in [-0.05, 0) is 43.5 Å². The van der Waals surface area contributed by atoms with Crippen LogP contribution >= 0.6 is 9.47 Å². The SMILES string of the molecule is CNC(=O)c1cn2ncnc(Nc3cc(C)ccc3C)c2c1C.NC=O.O=COCOP. The second-order valence-electron chi connectivity index (χ2n) is 6.28. The Morgan fingerprint density at radius 3 is 2.53 bits per heavy atom. The van der Waals surface area contributed by atoms with E-state index in [4.69, 9.17) is 4.79 Å². The minimum Gasteiger partial charge on any atom is -0.440 e. The van der Waals surface area contributed by atoms with Gasteiger partial charge in [0.25, 0.3) is 12.4 Å². The number of nitrogens with two attached hydrogens (primary N) is 1. The van der Waals surface area contributed by atoms with Gasteiger partial charge in [-0.15, -0.1) is 0 Å². The number of benzene rings is 1. The number of fused-ring (bicyclic) bond motifs is 1. The molecule has 1 unspecified atom stereocenters. The van der Waals surface area contributed by atoms with E-state index in [0.29, 0.717) is 17.9 Å². The van der Waals surface area contributed by atoms with Crippen molar-refractivity contribution in [2.24, 2.45) is 5.73 Å². The number of nitrogens with one attached hydrogen (secondary N) is 2. The van der Waals surface area contributed by atoms with Crippen LogP contribution in [0.5, 0.6) is 0 Å². The first-order chi connectivity index (χ1) is 15.3. The summed E-state index contributed by atoms with van der Waals surface area (Å²) in [6.07, 6.45) is 3.45. The zero-order chi connectivity index (χ0) is 24.1. The molecular formula is C20H27N6O5P. The van der Waals surface area contributed by atoms with Crippen LogP contribution in [0.3, 0.4) is 0 Å². The van der Waals surface area contributed by atoms with Gasteiger partial charge in [0.15, 0.2) is 12.6 Å². The van der Waals surface area contributed by atoms with Crippen molar-refractivity contribution in [3.05, 3.63) is 53.0 Å². The van der Waals surface area contributed by atoms with Crippen molar-refractivity contribution in [2.75, 3.05) is 19.2 Å². The Balaban J connectivity index is 0.000000486. The van der Waals surface area contributed by atoms with E-state index < -0.39 is 0 Å². The largest absolute Gasteiger partial charge is 0.440 e. The first kappa shape index (κ1) is 26.5. The zero-order valence-electron chi connectivity index (χ0n) is 18.3. The van der Waals surface area contributed by atoms with Crippen molar-refractivity contribution in [1.29, 1.82) is 0 Å². The lowest BCUT2D eigenvalue weighted by Gasteiger charge is -2.11. The summed E-state index contributed by atoms with van der Waals surface area (Å²) in [5.41, 5.74) is 9.69. The number of carbonyl (C=O) groups excluding carboxylic acids is 3. The standard InChI is InChI=1S/C17H19N5O.C2H5O3P.CH3NO/c1-10-5-6-11(2)14(7-10)21-16-15-12(3)13(17(23)18-4)8-22(15)20-9-19-16;3-1-4-2-5-6;2-1-3/h5-9H,1-4H3,(H,18,23)(H,19,20,21);1H,2,6H2;1H,(H2,2,3). The van der Waals surface area contributed by atoms with E-state index in [1.165, 1.54) is 11.9 Å². The molecule has 0 saturated carbocycles. The van der Waals surface area contributed by atoms with Crippen molar-refractivity contribution in [1.82, 2.24) is 19.9 Å². The molecule has 0 radical (unpaired) electrons. The highest BCUT2D eigenvalue weighted by Crippen LogP contribution is 2.27. The molecule has 172 valence electrons. The highest BCUT2D eigenvalue weighted by Gasteiger charge is 2.17. The van der Waals surface area contributed by atoms with Crippen LogP contribution in [0.1, 0.15) is 27.0 Å². The van der Waals surface area contributed by atoms with Crippen molar-refractivity contribution >= 4 is 45.3 Å². The number of hydrogen-bond acceptors (Lipinski definition) is 8. The Morgan fingerprint density at radius 2 is 1.97 bits per heavy atom. The lowest BCUT2D eigenvalue weighted by molar-refractivity contribution is -0.134. The number of amides is 2. The summed E-state index contributed by atoms with van der Waals surface area (Å²) in [7, 11) is 3.56. The number of anilines is 2. The first-order valence-electron chi connectivity index (χ1n) is 9.26. The highest BCUT2D eigenvalue weighted by molar-refractivity contribution is 7.09. The zero-order valence-corrected chi connectivity index (χ0v) is 19.4. The number of rotatable bonds is 6. The fourth-order valence-electron chi connectivity index (χ4n) is 2.68. The molecule has 0 aliphatic carbocycles. The van der Waals surface area contributed by atoms with Gasteiger partial charge in [0, 0.05) is 28.4 Å². The summed E-state index contributed by atoms with van der Waals surface area (Å²) in [5, 5.41) is 10.2. The van der Waals surface area contributed by atoms with Crippen molar-refractivity contribution < 1.29 is 23.6 Å². The Bertz CT molecular complexity index is 1060. The summed E-state index contributed by atoms with van der Waals surface area (Å²) in [6.45, 7) is 6.32. The topological polar surface area (TPSA) is 150 Å². The van der Waals surface area contributed by atoms with Crippen LogP contribution in [0.4, 0.5) is 11.5 Å². The summed E-state index contributed by atoms with van der Waals surface area (Å²) in [6, 6.07) is 6.21. The second-order valence-corrected chi connectivity index (χ2v) is 6.61. The van der Waals surface area contributed by atoms with Gasteiger partial charge in [0.05, 0.1) is 5.56 Å². The predicted octanol–water partition coefficient (Wildman–Crippen LogP) is 1.78. The minimum absolute atomic E-state index is 0.00810. The molecule has 32 heavy (non-hydrogen) atoms. The average Bonchev–Trinajstić information content (AvgIpc) is 3.12. The molecule has 11 nitrogen and oxygen atoms in total. The van der Waals surface area contributed by atoms with E-state index in [2.05, 4.69) is 53.9 Å². The van der Waals surface area contributed by atoms with Crippen molar-refractivity contribution in [3.63, 3.8) is 0 Å². The summed E-state index contributed by atoms with van der Waals surface area (Å²) < 4.78 is 9.99. The van der Waals surface area contributed by atoms with E-state index in [1.807, 2.05) is 30.2 Å². The minimum atomic E-state index is -0.134. The van der Waals surface area contributed by atoms with Gasteiger partial charge in [0.1, 0.15) is 11.8 Å². The molecule has 0 fully saturated rings. The molecule has 2 amide bonds. The number of nitrogens with zero attached hydrogens (tertiary/aromatic N) is 3. The number of aryl methyl sites for hydroxylation is 3. The van der Waals surface area contributed by atoms with Crippen LogP contribution in [0.25, 0.3) is 5.52 Å². The molecule has 0 aliphatic rings. The van der Waals surface area contributed by atoms with Crippen LogP contribution in [-0.4, -0.2) is 47.2 Å². The van der Waals surface area contributed by atoms with Gasteiger partial charge in [0.2, 0.25) is 6.41 Å². The molecule has 0 saturated heterocycles. The monoisotopic (exact) mass is 462 g/mol. The van der Waals surface area contributed by atoms with E-state index >= 15 is 0 Å². The summed E-state index contributed by atoms with van der Waals surface area (Å²) >= 11 is 0. The molecule has 3 aromatic rings. The third-order valence-corrected chi connectivity index (χ3v) is 4.28. The number of hydrogen-bond donors (Lipinski definition) is 3. The molecule has 3 rings (SSSR count). The van der Waals surface area contributed by atoms with Crippen LogP contribution in [-0.2, 0) is 18.8 Å². The van der Waals surface area contributed by atoms with Crippen molar-refractivity contribution in [3.8, 4) is 0 Å². The normalized spacial score (nSPS) is 9.53. The van der Waals surface area contributed by atoms with Gasteiger partial charge >= 0.3 is 0 Å². The second kappa shape index (κ2) is 13.7. The molecule has 12 heteroatoms. The lowest BCUT2D eigenvalue weighted by Crippen LogP contribution is -2.17. The quantitative estimate of drug-likeness (QED) is 0.217. The molecule has 0 spiro atoms. The van der Waals surface area contributed by atoms with Gasteiger partial charge < -0.3 is 25.6 Å². The predicted molar refractivity (Wildman–Crippen MR) is 123 cm³/mol. The van der Waals surface area contributed by atoms with Gasteiger partial charge in [-0.2, -0.15) is 5.10 Å². The number of aromatic nitrogens is 3. The Hall–Kier alpha value is -3.56. The number of primary amides is 1. The van der Waals surface area contributed by atoms with Crippen LogP contribution in [0, 0.1) is 20.8 Å². The number of carbonyl (C=O) groups is 3. The summed E-state index contributed by atoms with van der Waals surface area (Å²) in [5.74, 6) is 0.548. The molecule has 4 N–H and O–H groups in total. The van der Waals surface area contributed by atoms with Crippen LogP contribution < -0.4 is 16.4 Å². The highest BCUT2D eigenvalue weighted by atomic mass is 31.0. The molecule has 0 aliphatic heterocycles. The van der Waals surface area contributed by atoms with E-state index in [9.17, 15) is 9.59 Å². The number of ether oxygens (including phenoxy) is 1. The molecule has 1 aromatic carbocycles. The maximum absolute atomic E-state index is 12.0. The summed E-state index contributed by atoms with van der Waals surface area (Å²) in [4.78, 5) is 34.2. The van der Waals surface area contributed by atoms with Gasteiger partial charge in [-0.25, -0.2) is 9.50 Å². The molecule has 1 atom stereocenters. The molecular weight excluding hydrogens is 435 g/mol. The first-order valence-corrected chi connectivity index (χ1v) is 9.73. The van der Waals surface area contributed by atoms with Crippen LogP contribution in [0.15, 0.2) is 30.7 Å². The Kier molecular flexibility index (Phi) is 11.3. The smallest absolute Gasteiger partial charge is 0.295 e. The fraction of sp³-hybridized carbons (Fsp3) is 0.250. The maximum atomic E-state index is 12.0. The van der Waals surface area contributed by atoms with Gasteiger partial charge in [-0.1, -0.05) is 12.1 Å². The van der Waals surface area contributed by atoms with E-state index in [0.717, 1.165) is 22.3 Å². The van der Waals surface area contributed by atoms with Gasteiger partial charge in [-0.3, -0.25) is 14.4 Å². The average molecular weight is 462 g/mol. The molecule has 2 heterocycles. The molecule has 0 bridgehead atoms. The lowest BCUT2D eigenvalue weighted by atomic mass is 10.1. The fourth-order valence-corrected chi connectivity index (χ4v) is 2.76. The van der Waals surface area contributed by atoms with Crippen LogP contribution in [0.2, 0.25) is 0 Å². The van der Waals surface area contributed by atoms with E-state index in [1.54, 1.807) is 17.8 Å². The Morgan fingerprint density at radius 1 is 1.28 bits per heavy atom.